The van der Waals surface area contributed by atoms with Crippen LogP contribution in [-0.4, -0.2) is 38.4 Å². The molecule has 2 aromatic carbocycles. The van der Waals surface area contributed by atoms with Gasteiger partial charge in [-0.2, -0.15) is 4.31 Å². The second kappa shape index (κ2) is 8.06. The number of methoxy groups -OCH3 is 1. The maximum atomic E-state index is 13.4. The molecule has 2 aromatic rings. The van der Waals surface area contributed by atoms with E-state index in [-0.39, 0.29) is 11.4 Å². The Hall–Kier alpha value is -2.44. The minimum atomic E-state index is -3.90. The van der Waals surface area contributed by atoms with Crippen molar-refractivity contribution in [2.24, 2.45) is 0 Å². The monoisotopic (exact) mass is 386 g/mol. The lowest BCUT2D eigenvalue weighted by Gasteiger charge is -2.35. The lowest BCUT2D eigenvalue weighted by Crippen LogP contribution is -2.46. The standard InChI is InChI=1S/C21H23NO4S/c1-16-11-13-18(14-12-16)27(24,25)22-15-7-6-10-19(22)20(21(23)26-2)17-8-4-3-5-9-17/h3-6,8-14,19-20H,7,15H2,1-2H3/t19-,20?/m1/s1/i7D/t7-,19-,20?. The van der Waals surface area contributed by atoms with Gasteiger partial charge >= 0.3 is 5.97 Å². The van der Waals surface area contributed by atoms with Crippen molar-refractivity contribution in [3.8, 4) is 0 Å². The summed E-state index contributed by atoms with van der Waals surface area (Å²) in [5.74, 6) is -1.34. The Bertz CT molecular complexity index is 958. The molecule has 6 heteroatoms. The molecule has 1 unspecified atom stereocenters. The molecule has 0 radical (unpaired) electrons. The Morgan fingerprint density at radius 3 is 2.48 bits per heavy atom. The summed E-state index contributed by atoms with van der Waals surface area (Å²) in [5.41, 5.74) is 1.61. The fourth-order valence-electron chi connectivity index (χ4n) is 3.22. The van der Waals surface area contributed by atoms with Gasteiger partial charge in [0.15, 0.2) is 0 Å². The third kappa shape index (κ3) is 3.96. The van der Waals surface area contributed by atoms with Gasteiger partial charge in [-0.15, -0.1) is 0 Å². The summed E-state index contributed by atoms with van der Waals surface area (Å²) in [7, 11) is -2.61. The third-order valence-electron chi connectivity index (χ3n) is 4.65. The van der Waals surface area contributed by atoms with E-state index >= 15 is 0 Å². The molecule has 0 saturated heterocycles. The highest BCUT2D eigenvalue weighted by Crippen LogP contribution is 2.32. The Morgan fingerprint density at radius 2 is 1.85 bits per heavy atom. The van der Waals surface area contributed by atoms with Crippen LogP contribution in [0.5, 0.6) is 0 Å². The van der Waals surface area contributed by atoms with Crippen LogP contribution >= 0.6 is 0 Å². The zero-order chi connectivity index (χ0) is 20.3. The summed E-state index contributed by atoms with van der Waals surface area (Å²) in [6.45, 7) is 1.85. The van der Waals surface area contributed by atoms with Crippen molar-refractivity contribution in [3.05, 3.63) is 77.9 Å². The average molecular weight is 386 g/mol. The summed E-state index contributed by atoms with van der Waals surface area (Å²) in [4.78, 5) is 12.8. The quantitative estimate of drug-likeness (QED) is 0.584. The molecule has 0 bridgehead atoms. The van der Waals surface area contributed by atoms with Crippen LogP contribution in [0, 0.1) is 6.92 Å². The van der Waals surface area contributed by atoms with Crippen LogP contribution in [0.1, 0.15) is 24.8 Å². The molecule has 142 valence electrons. The number of sulfonamides is 1. The number of rotatable bonds is 5. The molecule has 3 atom stereocenters. The van der Waals surface area contributed by atoms with E-state index in [0.717, 1.165) is 5.56 Å². The van der Waals surface area contributed by atoms with Crippen molar-refractivity contribution in [2.75, 3.05) is 13.7 Å². The summed E-state index contributed by atoms with van der Waals surface area (Å²) in [6.07, 6.45) is 2.55. The van der Waals surface area contributed by atoms with Crippen molar-refractivity contribution < 1.29 is 19.3 Å². The number of nitrogens with zero attached hydrogens (tertiary/aromatic N) is 1. The van der Waals surface area contributed by atoms with E-state index in [1.165, 1.54) is 11.4 Å². The number of esters is 1. The largest absolute Gasteiger partial charge is 0.468 e. The van der Waals surface area contributed by atoms with Gasteiger partial charge in [0.2, 0.25) is 10.0 Å². The number of carbonyl (C=O) groups is 1. The van der Waals surface area contributed by atoms with Gasteiger partial charge < -0.3 is 4.74 Å². The first-order valence-corrected chi connectivity index (χ1v) is 10.1. The Balaban J connectivity index is 2.09. The minimum absolute atomic E-state index is 0.0301. The summed E-state index contributed by atoms with van der Waals surface area (Å²) >= 11 is 0. The predicted octanol–water partition coefficient (Wildman–Crippen LogP) is 3.27. The molecule has 0 saturated carbocycles. The van der Waals surface area contributed by atoms with Crippen LogP contribution in [0.2, 0.25) is 0 Å². The van der Waals surface area contributed by atoms with E-state index in [1.807, 2.05) is 13.0 Å². The summed E-state index contributed by atoms with van der Waals surface area (Å²) in [5, 5.41) is 0. The molecule has 1 aliphatic heterocycles. The van der Waals surface area contributed by atoms with E-state index in [0.29, 0.717) is 5.56 Å². The first-order chi connectivity index (χ1) is 13.3. The summed E-state index contributed by atoms with van der Waals surface area (Å²) in [6, 6.07) is 14.8. The molecular weight excluding hydrogens is 362 g/mol. The maximum absolute atomic E-state index is 13.4. The highest BCUT2D eigenvalue weighted by Gasteiger charge is 2.40. The van der Waals surface area contributed by atoms with Crippen LogP contribution in [-0.2, 0) is 19.6 Å². The Kier molecular flexibility index (Phi) is 5.36. The maximum Gasteiger partial charge on any atom is 0.315 e. The molecule has 5 nitrogen and oxygen atoms in total. The van der Waals surface area contributed by atoms with Gasteiger partial charge in [-0.1, -0.05) is 60.2 Å². The smallest absolute Gasteiger partial charge is 0.315 e. The van der Waals surface area contributed by atoms with E-state index in [1.54, 1.807) is 60.7 Å². The van der Waals surface area contributed by atoms with Gasteiger partial charge in [0, 0.05) is 7.92 Å². The molecule has 0 aromatic heterocycles. The van der Waals surface area contributed by atoms with Gasteiger partial charge in [0.25, 0.3) is 0 Å². The van der Waals surface area contributed by atoms with Gasteiger partial charge in [0.1, 0.15) is 5.92 Å². The van der Waals surface area contributed by atoms with Crippen LogP contribution in [0.4, 0.5) is 0 Å². The molecule has 27 heavy (non-hydrogen) atoms. The highest BCUT2D eigenvalue weighted by atomic mass is 32.2. The zero-order valence-electron chi connectivity index (χ0n) is 16.3. The van der Waals surface area contributed by atoms with Crippen molar-refractivity contribution in [2.45, 2.75) is 30.2 Å². The number of ether oxygens (including phenoxy) is 1. The average Bonchev–Trinajstić information content (AvgIpc) is 2.70. The number of aryl methyl sites for hydroxylation is 1. The molecular formula is C21H23NO4S. The molecule has 0 amide bonds. The van der Waals surface area contributed by atoms with E-state index in [2.05, 4.69) is 0 Å². The van der Waals surface area contributed by atoms with Crippen molar-refractivity contribution in [3.63, 3.8) is 0 Å². The minimum Gasteiger partial charge on any atom is -0.468 e. The van der Waals surface area contributed by atoms with Crippen LogP contribution in [0.25, 0.3) is 0 Å². The molecule has 3 rings (SSSR count). The Morgan fingerprint density at radius 1 is 1.19 bits per heavy atom. The normalized spacial score (nSPS) is 22.1. The topological polar surface area (TPSA) is 63.7 Å². The van der Waals surface area contributed by atoms with Gasteiger partial charge in [0.05, 0.1) is 18.0 Å². The molecule has 0 aliphatic carbocycles. The van der Waals surface area contributed by atoms with Crippen LogP contribution in [0.3, 0.4) is 0 Å². The fourth-order valence-corrected chi connectivity index (χ4v) is 4.76. The lowest BCUT2D eigenvalue weighted by atomic mass is 9.89. The van der Waals surface area contributed by atoms with Gasteiger partial charge in [-0.3, -0.25) is 4.79 Å². The molecule has 1 heterocycles. The van der Waals surface area contributed by atoms with Gasteiger partial charge in [-0.25, -0.2) is 8.42 Å². The molecule has 0 fully saturated rings. The number of carbonyl (C=O) groups excluding carboxylic acids is 1. The fraction of sp³-hybridized carbons (Fsp3) is 0.286. The lowest BCUT2D eigenvalue weighted by molar-refractivity contribution is -0.143. The third-order valence-corrected chi connectivity index (χ3v) is 6.52. The highest BCUT2D eigenvalue weighted by molar-refractivity contribution is 7.89. The van der Waals surface area contributed by atoms with Crippen molar-refractivity contribution in [1.82, 2.24) is 4.31 Å². The SMILES string of the molecule is [2H][C@@H]1C=C[C@H](C(C(=O)OC)c2ccccc2)N(S(=O)(=O)c2ccc(C)cc2)C1. The van der Waals surface area contributed by atoms with E-state index in [4.69, 9.17) is 6.11 Å². The zero-order valence-corrected chi connectivity index (χ0v) is 16.1. The van der Waals surface area contributed by atoms with E-state index < -0.39 is 34.3 Å². The number of hydrogen-bond acceptors (Lipinski definition) is 4. The first kappa shape index (κ1) is 17.9. The number of benzene rings is 2. The van der Waals surface area contributed by atoms with Crippen LogP contribution < -0.4 is 0 Å². The second-order valence-electron chi connectivity index (χ2n) is 6.41. The molecule has 0 N–H and O–H groups in total. The Labute approximate surface area is 161 Å². The number of hydrogen-bond donors (Lipinski definition) is 0. The van der Waals surface area contributed by atoms with Gasteiger partial charge in [-0.05, 0) is 31.0 Å². The first-order valence-electron chi connectivity index (χ1n) is 9.24. The molecule has 1 aliphatic rings. The van der Waals surface area contributed by atoms with Crippen molar-refractivity contribution in [1.29, 1.82) is 0 Å². The van der Waals surface area contributed by atoms with Crippen LogP contribution in [0.15, 0.2) is 71.6 Å². The van der Waals surface area contributed by atoms with Crippen molar-refractivity contribution >= 4 is 16.0 Å². The van der Waals surface area contributed by atoms with E-state index in [9.17, 15) is 13.2 Å². The summed E-state index contributed by atoms with van der Waals surface area (Å²) < 4.78 is 41.0. The molecule has 0 spiro atoms. The predicted molar refractivity (Wildman–Crippen MR) is 104 cm³/mol. The second-order valence-corrected chi connectivity index (χ2v) is 8.30.